The molecule has 1 N–H and O–H groups in total. The molecule has 0 heterocycles. The molecule has 4 heteroatoms. The zero-order chi connectivity index (χ0) is 14.4. The Hall–Kier alpha value is -1.81. The fraction of sp³-hybridized carbons (Fsp3) is 0.188. The lowest BCUT2D eigenvalue weighted by Gasteiger charge is -2.08. The highest BCUT2D eigenvalue weighted by molar-refractivity contribution is 9.10. The predicted molar refractivity (Wildman–Crippen MR) is 83.1 cm³/mol. The Bertz CT molecular complexity index is 564. The van der Waals surface area contributed by atoms with Gasteiger partial charge in [0.15, 0.2) is 0 Å². The molecule has 2 aromatic carbocycles. The van der Waals surface area contributed by atoms with E-state index in [1.165, 1.54) is 5.56 Å². The summed E-state index contributed by atoms with van der Waals surface area (Å²) in [5.41, 5.74) is 1.84. The number of carbonyl (C=O) groups excluding carboxylic acids is 1. The highest BCUT2D eigenvalue weighted by Crippen LogP contribution is 2.11. The van der Waals surface area contributed by atoms with E-state index in [1.807, 2.05) is 43.3 Å². The van der Waals surface area contributed by atoms with Gasteiger partial charge in [0.25, 0.3) is 5.91 Å². The largest absolute Gasteiger partial charge is 0.492 e. The zero-order valence-corrected chi connectivity index (χ0v) is 12.8. The van der Waals surface area contributed by atoms with Gasteiger partial charge < -0.3 is 10.1 Å². The highest BCUT2D eigenvalue weighted by Gasteiger charge is 2.04. The lowest BCUT2D eigenvalue weighted by molar-refractivity contribution is 0.0947. The smallest absolute Gasteiger partial charge is 0.251 e. The molecule has 0 aromatic heterocycles. The van der Waals surface area contributed by atoms with E-state index < -0.39 is 0 Å². The lowest BCUT2D eigenvalue weighted by atomic mass is 10.2. The van der Waals surface area contributed by atoms with E-state index in [0.29, 0.717) is 18.7 Å². The first-order valence-corrected chi connectivity index (χ1v) is 7.18. The third kappa shape index (κ3) is 4.38. The van der Waals surface area contributed by atoms with E-state index in [-0.39, 0.29) is 5.91 Å². The molecule has 0 radical (unpaired) electrons. The van der Waals surface area contributed by atoms with Crippen molar-refractivity contribution in [3.63, 3.8) is 0 Å². The molecule has 0 aliphatic heterocycles. The molecule has 0 atom stereocenters. The molecule has 0 saturated carbocycles. The van der Waals surface area contributed by atoms with Crippen LogP contribution in [-0.4, -0.2) is 19.1 Å². The van der Waals surface area contributed by atoms with Gasteiger partial charge in [0.2, 0.25) is 0 Å². The van der Waals surface area contributed by atoms with Crippen LogP contribution in [0, 0.1) is 6.92 Å². The number of halogens is 1. The summed E-state index contributed by atoms with van der Waals surface area (Å²) >= 11 is 3.34. The molecule has 0 spiro atoms. The Morgan fingerprint density at radius 1 is 1.10 bits per heavy atom. The minimum absolute atomic E-state index is 0.0926. The fourth-order valence-electron chi connectivity index (χ4n) is 1.67. The van der Waals surface area contributed by atoms with Crippen molar-refractivity contribution < 1.29 is 9.53 Å². The van der Waals surface area contributed by atoms with Crippen molar-refractivity contribution in [3.05, 3.63) is 64.1 Å². The summed E-state index contributed by atoms with van der Waals surface area (Å²) in [5, 5.41) is 2.82. The van der Waals surface area contributed by atoms with Crippen LogP contribution in [0.1, 0.15) is 15.9 Å². The second-order valence-electron chi connectivity index (χ2n) is 4.42. The molecular weight excluding hydrogens is 318 g/mol. The van der Waals surface area contributed by atoms with Gasteiger partial charge in [0.05, 0.1) is 6.54 Å². The number of hydrogen-bond acceptors (Lipinski definition) is 2. The van der Waals surface area contributed by atoms with Crippen molar-refractivity contribution in [2.45, 2.75) is 6.92 Å². The third-order valence-electron chi connectivity index (χ3n) is 2.78. The molecule has 2 rings (SSSR count). The normalized spacial score (nSPS) is 10.1. The number of rotatable bonds is 5. The second-order valence-corrected chi connectivity index (χ2v) is 5.34. The SMILES string of the molecule is Cc1ccc(OCCNC(=O)c2ccc(Br)cc2)cc1. The quantitative estimate of drug-likeness (QED) is 0.849. The van der Waals surface area contributed by atoms with Crippen LogP contribution < -0.4 is 10.1 Å². The predicted octanol–water partition coefficient (Wildman–Crippen LogP) is 3.57. The summed E-state index contributed by atoms with van der Waals surface area (Å²) < 4.78 is 6.50. The third-order valence-corrected chi connectivity index (χ3v) is 3.31. The highest BCUT2D eigenvalue weighted by atomic mass is 79.9. The molecule has 1 amide bonds. The van der Waals surface area contributed by atoms with Crippen molar-refractivity contribution in [2.24, 2.45) is 0 Å². The molecule has 3 nitrogen and oxygen atoms in total. The van der Waals surface area contributed by atoms with Gasteiger partial charge in [-0.15, -0.1) is 0 Å². The average molecular weight is 334 g/mol. The second kappa shape index (κ2) is 7.10. The summed E-state index contributed by atoms with van der Waals surface area (Å²) in [7, 11) is 0. The van der Waals surface area contributed by atoms with E-state index in [2.05, 4.69) is 21.2 Å². The number of amides is 1. The molecule has 0 fully saturated rings. The van der Waals surface area contributed by atoms with Gasteiger partial charge >= 0.3 is 0 Å². The van der Waals surface area contributed by atoms with Crippen molar-refractivity contribution in [1.82, 2.24) is 5.32 Å². The Kier molecular flexibility index (Phi) is 5.18. The Balaban J connectivity index is 1.74. The van der Waals surface area contributed by atoms with Gasteiger partial charge in [-0.05, 0) is 43.3 Å². The molecule has 0 aliphatic rings. The van der Waals surface area contributed by atoms with Crippen LogP contribution in [0.15, 0.2) is 53.0 Å². The standard InChI is InChI=1S/C16H16BrNO2/c1-12-2-8-15(9-3-12)20-11-10-18-16(19)13-4-6-14(17)7-5-13/h2-9H,10-11H2,1H3,(H,18,19). The van der Waals surface area contributed by atoms with Crippen LogP contribution in [0.3, 0.4) is 0 Å². The molecule has 0 unspecified atom stereocenters. The number of aryl methyl sites for hydroxylation is 1. The molecule has 20 heavy (non-hydrogen) atoms. The summed E-state index contributed by atoms with van der Waals surface area (Å²) in [5.74, 6) is 0.721. The molecule has 0 aliphatic carbocycles. The minimum atomic E-state index is -0.0926. The van der Waals surface area contributed by atoms with E-state index >= 15 is 0 Å². The van der Waals surface area contributed by atoms with Crippen LogP contribution >= 0.6 is 15.9 Å². The van der Waals surface area contributed by atoms with Crippen LogP contribution in [-0.2, 0) is 0 Å². The Morgan fingerprint density at radius 2 is 1.75 bits per heavy atom. The summed E-state index contributed by atoms with van der Waals surface area (Å²) in [4.78, 5) is 11.8. The van der Waals surface area contributed by atoms with E-state index in [9.17, 15) is 4.79 Å². The zero-order valence-electron chi connectivity index (χ0n) is 11.2. The molecule has 0 saturated heterocycles. The monoisotopic (exact) mass is 333 g/mol. The maximum atomic E-state index is 11.8. The van der Waals surface area contributed by atoms with Gasteiger partial charge in [-0.3, -0.25) is 4.79 Å². The number of carbonyl (C=O) groups is 1. The minimum Gasteiger partial charge on any atom is -0.492 e. The number of nitrogens with one attached hydrogen (secondary N) is 1. The van der Waals surface area contributed by atoms with Gasteiger partial charge in [0, 0.05) is 10.0 Å². The molecule has 104 valence electrons. The van der Waals surface area contributed by atoms with Gasteiger partial charge in [-0.1, -0.05) is 33.6 Å². The summed E-state index contributed by atoms with van der Waals surface area (Å²) in [6.07, 6.45) is 0. The molecule has 2 aromatic rings. The number of benzene rings is 2. The first kappa shape index (κ1) is 14.6. The fourth-order valence-corrected chi connectivity index (χ4v) is 1.94. The number of ether oxygens (including phenoxy) is 1. The van der Waals surface area contributed by atoms with Gasteiger partial charge in [0.1, 0.15) is 12.4 Å². The summed E-state index contributed by atoms with van der Waals surface area (Å²) in [6, 6.07) is 15.1. The number of hydrogen-bond donors (Lipinski definition) is 1. The van der Waals surface area contributed by atoms with Crippen LogP contribution in [0.25, 0.3) is 0 Å². The van der Waals surface area contributed by atoms with Crippen LogP contribution in [0.4, 0.5) is 0 Å². The lowest BCUT2D eigenvalue weighted by Crippen LogP contribution is -2.28. The van der Waals surface area contributed by atoms with E-state index in [0.717, 1.165) is 10.2 Å². The Labute approximate surface area is 127 Å². The maximum Gasteiger partial charge on any atom is 0.251 e. The van der Waals surface area contributed by atoms with Crippen molar-refractivity contribution >= 4 is 21.8 Å². The Morgan fingerprint density at radius 3 is 2.40 bits per heavy atom. The van der Waals surface area contributed by atoms with E-state index in [1.54, 1.807) is 12.1 Å². The topological polar surface area (TPSA) is 38.3 Å². The summed E-state index contributed by atoms with van der Waals surface area (Å²) in [6.45, 7) is 2.95. The van der Waals surface area contributed by atoms with Gasteiger partial charge in [-0.25, -0.2) is 0 Å². The van der Waals surface area contributed by atoms with Crippen LogP contribution in [0.2, 0.25) is 0 Å². The maximum absolute atomic E-state index is 11.8. The molecular formula is C16H16BrNO2. The first-order valence-electron chi connectivity index (χ1n) is 6.38. The average Bonchev–Trinajstić information content (AvgIpc) is 2.46. The van der Waals surface area contributed by atoms with Crippen molar-refractivity contribution in [2.75, 3.05) is 13.2 Å². The van der Waals surface area contributed by atoms with Gasteiger partial charge in [-0.2, -0.15) is 0 Å². The van der Waals surface area contributed by atoms with E-state index in [4.69, 9.17) is 4.74 Å². The van der Waals surface area contributed by atoms with Crippen molar-refractivity contribution in [1.29, 1.82) is 0 Å². The van der Waals surface area contributed by atoms with Crippen molar-refractivity contribution in [3.8, 4) is 5.75 Å². The van der Waals surface area contributed by atoms with Crippen LogP contribution in [0.5, 0.6) is 5.75 Å². The molecule has 0 bridgehead atoms. The first-order chi connectivity index (χ1) is 9.65.